The lowest BCUT2D eigenvalue weighted by molar-refractivity contribution is 0.218. The van der Waals surface area contributed by atoms with Gasteiger partial charge in [0.2, 0.25) is 0 Å². The second-order valence-corrected chi connectivity index (χ2v) is 2.59. The quantitative estimate of drug-likeness (QED) is 0.503. The van der Waals surface area contributed by atoms with Crippen LogP contribution in [-0.2, 0) is 0 Å². The van der Waals surface area contributed by atoms with Crippen LogP contribution in [0.4, 0.5) is 4.79 Å². The van der Waals surface area contributed by atoms with Crippen molar-refractivity contribution < 1.29 is 4.79 Å². The summed E-state index contributed by atoms with van der Waals surface area (Å²) < 4.78 is 0. The van der Waals surface area contributed by atoms with Gasteiger partial charge in [0.25, 0.3) is 0 Å². The van der Waals surface area contributed by atoms with Crippen molar-refractivity contribution in [2.75, 3.05) is 7.05 Å². The van der Waals surface area contributed by atoms with Crippen LogP contribution in [0, 0.1) is 0 Å². The molecule has 52 valence electrons. The molecular formula is C6H12N2O. The number of rotatable bonds is 0. The van der Waals surface area contributed by atoms with Gasteiger partial charge >= 0.3 is 6.03 Å². The van der Waals surface area contributed by atoms with Gasteiger partial charge in [-0.15, -0.1) is 0 Å². The summed E-state index contributed by atoms with van der Waals surface area (Å²) >= 11 is 0. The topological polar surface area (TPSA) is 32.3 Å². The van der Waals surface area contributed by atoms with E-state index >= 15 is 0 Å². The highest BCUT2D eigenvalue weighted by Gasteiger charge is 2.29. The van der Waals surface area contributed by atoms with Crippen molar-refractivity contribution >= 4 is 6.03 Å². The van der Waals surface area contributed by atoms with Crippen LogP contribution in [0.25, 0.3) is 0 Å². The highest BCUT2D eigenvalue weighted by Crippen LogP contribution is 2.08. The lowest BCUT2D eigenvalue weighted by atomic mass is 10.2. The van der Waals surface area contributed by atoms with Gasteiger partial charge in [-0.25, -0.2) is 4.79 Å². The molecule has 1 aliphatic rings. The van der Waals surface area contributed by atoms with Crippen molar-refractivity contribution in [1.82, 2.24) is 10.2 Å². The second kappa shape index (κ2) is 1.90. The van der Waals surface area contributed by atoms with Gasteiger partial charge in [-0.2, -0.15) is 0 Å². The third-order valence-corrected chi connectivity index (χ3v) is 2.01. The minimum absolute atomic E-state index is 0.0370. The van der Waals surface area contributed by atoms with Crippen molar-refractivity contribution in [3.8, 4) is 0 Å². The van der Waals surface area contributed by atoms with E-state index in [1.54, 1.807) is 4.90 Å². The first-order chi connectivity index (χ1) is 4.13. The Bertz CT molecular complexity index is 135. The average Bonchev–Trinajstić information content (AvgIpc) is 1.98. The summed E-state index contributed by atoms with van der Waals surface area (Å²) in [4.78, 5) is 12.5. The van der Waals surface area contributed by atoms with Gasteiger partial charge < -0.3 is 10.2 Å². The van der Waals surface area contributed by atoms with Gasteiger partial charge in [0, 0.05) is 13.1 Å². The van der Waals surface area contributed by atoms with Crippen LogP contribution in [0.1, 0.15) is 13.8 Å². The van der Waals surface area contributed by atoms with Crippen molar-refractivity contribution in [3.63, 3.8) is 0 Å². The summed E-state index contributed by atoms with van der Waals surface area (Å²) in [6, 6.07) is 0.662. The summed E-state index contributed by atoms with van der Waals surface area (Å²) in [5.41, 5.74) is 0. The number of likely N-dealkylation sites (N-methyl/N-ethyl adjacent to an activating group) is 1. The Morgan fingerprint density at radius 1 is 1.56 bits per heavy atom. The fraction of sp³-hybridized carbons (Fsp3) is 0.833. The Morgan fingerprint density at radius 3 is 2.22 bits per heavy atom. The first-order valence-electron chi connectivity index (χ1n) is 3.16. The van der Waals surface area contributed by atoms with E-state index in [0.29, 0.717) is 12.1 Å². The van der Waals surface area contributed by atoms with Gasteiger partial charge in [-0.3, -0.25) is 0 Å². The van der Waals surface area contributed by atoms with E-state index in [2.05, 4.69) is 5.32 Å². The van der Waals surface area contributed by atoms with Gasteiger partial charge in [0.15, 0.2) is 0 Å². The summed E-state index contributed by atoms with van der Waals surface area (Å²) in [7, 11) is 1.81. The smallest absolute Gasteiger partial charge is 0.317 e. The van der Waals surface area contributed by atoms with Crippen molar-refractivity contribution in [2.45, 2.75) is 25.9 Å². The molecule has 2 atom stereocenters. The zero-order valence-electron chi connectivity index (χ0n) is 6.01. The normalized spacial score (nSPS) is 35.0. The molecule has 0 aliphatic carbocycles. The number of carbonyl (C=O) groups excluding carboxylic acids is 1. The van der Waals surface area contributed by atoms with E-state index < -0.39 is 0 Å². The molecule has 1 heterocycles. The number of hydrogen-bond acceptors (Lipinski definition) is 1. The molecule has 0 bridgehead atoms. The number of urea groups is 1. The number of nitrogens with zero attached hydrogens (tertiary/aromatic N) is 1. The van der Waals surface area contributed by atoms with Crippen LogP contribution in [0.3, 0.4) is 0 Å². The zero-order valence-corrected chi connectivity index (χ0v) is 6.01. The Hall–Kier alpha value is -0.730. The maximum Gasteiger partial charge on any atom is 0.317 e. The summed E-state index contributed by atoms with van der Waals surface area (Å²) in [6.07, 6.45) is 0. The van der Waals surface area contributed by atoms with Crippen molar-refractivity contribution in [1.29, 1.82) is 0 Å². The van der Waals surface area contributed by atoms with E-state index in [4.69, 9.17) is 0 Å². The number of hydrogen-bond donors (Lipinski definition) is 1. The third-order valence-electron chi connectivity index (χ3n) is 2.01. The molecule has 1 rings (SSSR count). The molecule has 1 fully saturated rings. The predicted molar refractivity (Wildman–Crippen MR) is 35.2 cm³/mol. The maximum atomic E-state index is 10.8. The summed E-state index contributed by atoms with van der Waals surface area (Å²) in [5, 5.41) is 2.80. The SMILES string of the molecule is C[C@@H]1NC(=O)N(C)[C@@H]1C. The van der Waals surface area contributed by atoms with E-state index in [1.165, 1.54) is 0 Å². The Morgan fingerprint density at radius 2 is 2.11 bits per heavy atom. The molecule has 0 spiro atoms. The Labute approximate surface area is 55.0 Å². The maximum absolute atomic E-state index is 10.8. The highest BCUT2D eigenvalue weighted by atomic mass is 16.2. The molecule has 1 N–H and O–H groups in total. The van der Waals surface area contributed by atoms with Gasteiger partial charge in [0.05, 0.1) is 6.04 Å². The van der Waals surface area contributed by atoms with Gasteiger partial charge in [-0.05, 0) is 13.8 Å². The molecular weight excluding hydrogens is 116 g/mol. The molecule has 3 nitrogen and oxygen atoms in total. The minimum atomic E-state index is 0.0370. The molecule has 0 radical (unpaired) electrons. The highest BCUT2D eigenvalue weighted by molar-refractivity contribution is 5.77. The summed E-state index contributed by atoms with van der Waals surface area (Å²) in [5.74, 6) is 0. The van der Waals surface area contributed by atoms with Crippen LogP contribution in [0.2, 0.25) is 0 Å². The third kappa shape index (κ3) is 0.866. The molecule has 0 aromatic heterocycles. The van der Waals surface area contributed by atoms with Crippen LogP contribution >= 0.6 is 0 Å². The Balaban J connectivity index is 2.65. The van der Waals surface area contributed by atoms with Gasteiger partial charge in [0.1, 0.15) is 0 Å². The molecule has 0 saturated carbocycles. The first kappa shape index (κ1) is 6.39. The van der Waals surface area contributed by atoms with E-state index in [-0.39, 0.29) is 6.03 Å². The molecule has 3 heteroatoms. The molecule has 1 saturated heterocycles. The monoisotopic (exact) mass is 128 g/mol. The second-order valence-electron chi connectivity index (χ2n) is 2.59. The summed E-state index contributed by atoms with van der Waals surface area (Å²) in [6.45, 7) is 4.04. The fourth-order valence-corrected chi connectivity index (χ4v) is 0.938. The van der Waals surface area contributed by atoms with E-state index in [1.807, 2.05) is 20.9 Å². The lowest BCUT2D eigenvalue weighted by Gasteiger charge is -2.14. The number of carbonyl (C=O) groups is 1. The molecule has 0 unspecified atom stereocenters. The fourth-order valence-electron chi connectivity index (χ4n) is 0.938. The molecule has 2 amide bonds. The van der Waals surface area contributed by atoms with Crippen LogP contribution < -0.4 is 5.32 Å². The first-order valence-corrected chi connectivity index (χ1v) is 3.16. The molecule has 0 aromatic carbocycles. The number of nitrogens with one attached hydrogen (secondary N) is 1. The van der Waals surface area contributed by atoms with Gasteiger partial charge in [-0.1, -0.05) is 0 Å². The lowest BCUT2D eigenvalue weighted by Crippen LogP contribution is -2.28. The average molecular weight is 128 g/mol. The Kier molecular flexibility index (Phi) is 1.35. The van der Waals surface area contributed by atoms with Crippen LogP contribution in [0.15, 0.2) is 0 Å². The number of amides is 2. The largest absolute Gasteiger partial charge is 0.333 e. The van der Waals surface area contributed by atoms with Crippen molar-refractivity contribution in [3.05, 3.63) is 0 Å². The van der Waals surface area contributed by atoms with E-state index in [0.717, 1.165) is 0 Å². The minimum Gasteiger partial charge on any atom is -0.333 e. The zero-order chi connectivity index (χ0) is 7.02. The van der Waals surface area contributed by atoms with Crippen LogP contribution in [-0.4, -0.2) is 30.1 Å². The van der Waals surface area contributed by atoms with Crippen LogP contribution in [0.5, 0.6) is 0 Å². The van der Waals surface area contributed by atoms with Crippen molar-refractivity contribution in [2.24, 2.45) is 0 Å². The van der Waals surface area contributed by atoms with E-state index in [9.17, 15) is 4.79 Å². The standard InChI is InChI=1S/C6H12N2O/c1-4-5(2)8(3)6(9)7-4/h4-5H,1-3H3,(H,7,9)/t4-,5+/m0/s1. The predicted octanol–water partition coefficient (Wildman–Crippen LogP) is 0.418. The molecule has 0 aromatic rings. The molecule has 1 aliphatic heterocycles. The molecule has 9 heavy (non-hydrogen) atoms.